The van der Waals surface area contributed by atoms with Gasteiger partial charge in [-0.15, -0.1) is 0 Å². The molecule has 0 bridgehead atoms. The Labute approximate surface area is 153 Å². The van der Waals surface area contributed by atoms with Crippen molar-refractivity contribution < 1.29 is 9.13 Å². The van der Waals surface area contributed by atoms with Crippen molar-refractivity contribution in [3.8, 4) is 5.75 Å². The summed E-state index contributed by atoms with van der Waals surface area (Å²) in [6.07, 6.45) is 0.464. The summed E-state index contributed by atoms with van der Waals surface area (Å²) in [4.78, 5) is 0. The van der Waals surface area contributed by atoms with Crippen LogP contribution in [0.15, 0.2) is 60.7 Å². The second-order valence-corrected chi connectivity index (χ2v) is 6.62. The lowest BCUT2D eigenvalue weighted by Crippen LogP contribution is -2.03. The number of para-hydroxylation sites is 1. The highest BCUT2D eigenvalue weighted by Gasteiger charge is 2.10. The quantitative estimate of drug-likeness (QED) is 0.525. The molecule has 0 aliphatic rings. The van der Waals surface area contributed by atoms with Crippen molar-refractivity contribution in [2.24, 2.45) is 0 Å². The van der Waals surface area contributed by atoms with Crippen molar-refractivity contribution in [1.29, 1.82) is 0 Å². The van der Waals surface area contributed by atoms with Gasteiger partial charge in [0, 0.05) is 11.4 Å². The molecule has 3 heteroatoms. The van der Waals surface area contributed by atoms with E-state index in [-0.39, 0.29) is 5.82 Å². The number of ether oxygens (including phenoxy) is 1. The fraction of sp³-hybridized carbons (Fsp3) is 0.182. The molecule has 0 fully saturated rings. The average Bonchev–Trinajstić information content (AvgIpc) is 2.58. The topological polar surface area (TPSA) is 9.23 Å². The molecule has 0 aliphatic heterocycles. The number of hydrogen-bond acceptors (Lipinski definition) is 1. The van der Waals surface area contributed by atoms with E-state index in [2.05, 4.69) is 26.0 Å². The highest BCUT2D eigenvalue weighted by atomic mass is 35.5. The van der Waals surface area contributed by atoms with E-state index in [1.807, 2.05) is 30.3 Å². The van der Waals surface area contributed by atoms with Gasteiger partial charge in [0.05, 0.1) is 0 Å². The third kappa shape index (κ3) is 4.21. The molecule has 0 radical (unpaired) electrons. The molecule has 128 valence electrons. The third-order valence-electron chi connectivity index (χ3n) is 4.39. The van der Waals surface area contributed by atoms with E-state index < -0.39 is 0 Å². The Balaban J connectivity index is 1.81. The molecule has 0 aromatic heterocycles. The summed E-state index contributed by atoms with van der Waals surface area (Å²) >= 11 is 5.83. The first-order valence-corrected chi connectivity index (χ1v) is 8.62. The molecule has 0 unspecified atom stereocenters. The van der Waals surface area contributed by atoms with Gasteiger partial charge in [-0.2, -0.15) is 0 Å². The van der Waals surface area contributed by atoms with Crippen LogP contribution in [0.4, 0.5) is 4.39 Å². The second-order valence-electron chi connectivity index (χ2n) is 6.18. The summed E-state index contributed by atoms with van der Waals surface area (Å²) in [5.74, 6) is 0.483. The second kappa shape index (κ2) is 7.71. The minimum atomic E-state index is -0.294. The lowest BCUT2D eigenvalue weighted by molar-refractivity contribution is 0.302. The number of halogens is 2. The molecular weight excluding hydrogens is 335 g/mol. The summed E-state index contributed by atoms with van der Waals surface area (Å²) in [5, 5.41) is 0.404. The molecule has 0 amide bonds. The summed E-state index contributed by atoms with van der Waals surface area (Å²) in [6.45, 7) is 4.67. The van der Waals surface area contributed by atoms with Gasteiger partial charge in [0.1, 0.15) is 18.2 Å². The third-order valence-corrected chi connectivity index (χ3v) is 4.62. The van der Waals surface area contributed by atoms with Crippen LogP contribution in [0.5, 0.6) is 5.75 Å². The molecule has 0 N–H and O–H groups in total. The van der Waals surface area contributed by atoms with Crippen molar-refractivity contribution in [3.63, 3.8) is 0 Å². The van der Waals surface area contributed by atoms with Gasteiger partial charge in [0.2, 0.25) is 0 Å². The van der Waals surface area contributed by atoms with Gasteiger partial charge in [-0.25, -0.2) is 4.39 Å². The molecular formula is C22H20ClFO. The summed E-state index contributed by atoms with van der Waals surface area (Å²) in [7, 11) is 0. The zero-order valence-corrected chi connectivity index (χ0v) is 15.1. The number of hydrogen-bond donors (Lipinski definition) is 0. The lowest BCUT2D eigenvalue weighted by atomic mass is 10.0. The summed E-state index contributed by atoms with van der Waals surface area (Å²) in [5.41, 5.74) is 5.17. The van der Waals surface area contributed by atoms with E-state index >= 15 is 0 Å². The molecule has 3 rings (SSSR count). The summed E-state index contributed by atoms with van der Waals surface area (Å²) in [6, 6.07) is 18.8. The van der Waals surface area contributed by atoms with Crippen LogP contribution in [0.1, 0.15) is 27.8 Å². The van der Waals surface area contributed by atoms with Crippen LogP contribution in [0.25, 0.3) is 0 Å². The van der Waals surface area contributed by atoms with Crippen LogP contribution in [0, 0.1) is 19.7 Å². The van der Waals surface area contributed by atoms with E-state index in [0.717, 1.165) is 11.3 Å². The van der Waals surface area contributed by atoms with E-state index in [4.69, 9.17) is 16.3 Å². The van der Waals surface area contributed by atoms with Gasteiger partial charge < -0.3 is 4.74 Å². The first-order chi connectivity index (χ1) is 12.0. The Morgan fingerprint density at radius 2 is 1.60 bits per heavy atom. The fourth-order valence-electron chi connectivity index (χ4n) is 2.89. The SMILES string of the molecule is Cc1cccc(C)c1COc1ccccc1Cc1ccc(Cl)cc1F. The van der Waals surface area contributed by atoms with Gasteiger partial charge in [-0.05, 0) is 59.9 Å². The van der Waals surface area contributed by atoms with Gasteiger partial charge in [0.15, 0.2) is 0 Å². The van der Waals surface area contributed by atoms with E-state index in [1.165, 1.54) is 22.8 Å². The monoisotopic (exact) mass is 354 g/mol. The number of aryl methyl sites for hydroxylation is 2. The standard InChI is InChI=1S/C22H20ClFO/c1-15-6-5-7-16(2)20(15)14-25-22-9-4-3-8-18(22)12-17-10-11-19(23)13-21(17)24/h3-11,13H,12,14H2,1-2H3. The summed E-state index contributed by atoms with van der Waals surface area (Å²) < 4.78 is 20.2. The van der Waals surface area contributed by atoms with Crippen LogP contribution < -0.4 is 4.74 Å². The van der Waals surface area contributed by atoms with Gasteiger partial charge in [-0.1, -0.05) is 54.1 Å². The van der Waals surface area contributed by atoms with Crippen LogP contribution in [0.2, 0.25) is 5.02 Å². The van der Waals surface area contributed by atoms with Gasteiger partial charge in [-0.3, -0.25) is 0 Å². The van der Waals surface area contributed by atoms with Crippen LogP contribution in [0.3, 0.4) is 0 Å². The minimum Gasteiger partial charge on any atom is -0.489 e. The minimum absolute atomic E-state index is 0.294. The largest absolute Gasteiger partial charge is 0.489 e. The molecule has 25 heavy (non-hydrogen) atoms. The lowest BCUT2D eigenvalue weighted by Gasteiger charge is -2.15. The van der Waals surface area contributed by atoms with Gasteiger partial charge in [0.25, 0.3) is 0 Å². The molecule has 0 spiro atoms. The molecule has 1 nitrogen and oxygen atoms in total. The van der Waals surface area contributed by atoms with E-state index in [0.29, 0.717) is 23.6 Å². The fourth-order valence-corrected chi connectivity index (χ4v) is 3.05. The Bertz CT molecular complexity index is 869. The average molecular weight is 355 g/mol. The molecule has 0 saturated carbocycles. The predicted octanol–water partition coefficient (Wildman–Crippen LogP) is 6.27. The smallest absolute Gasteiger partial charge is 0.128 e. The van der Waals surface area contributed by atoms with Crippen molar-refractivity contribution in [3.05, 3.63) is 99.3 Å². The van der Waals surface area contributed by atoms with Crippen molar-refractivity contribution >= 4 is 11.6 Å². The predicted molar refractivity (Wildman–Crippen MR) is 101 cm³/mol. The highest BCUT2D eigenvalue weighted by molar-refractivity contribution is 6.30. The first-order valence-electron chi connectivity index (χ1n) is 8.24. The Morgan fingerprint density at radius 1 is 0.880 bits per heavy atom. The first kappa shape index (κ1) is 17.5. The van der Waals surface area contributed by atoms with E-state index in [9.17, 15) is 4.39 Å². The maximum absolute atomic E-state index is 14.1. The zero-order valence-electron chi connectivity index (χ0n) is 14.4. The maximum Gasteiger partial charge on any atom is 0.128 e. The highest BCUT2D eigenvalue weighted by Crippen LogP contribution is 2.25. The Morgan fingerprint density at radius 3 is 2.32 bits per heavy atom. The van der Waals surface area contributed by atoms with Crippen molar-refractivity contribution in [1.82, 2.24) is 0 Å². The van der Waals surface area contributed by atoms with Crippen LogP contribution >= 0.6 is 11.6 Å². The van der Waals surface area contributed by atoms with Gasteiger partial charge >= 0.3 is 0 Å². The maximum atomic E-state index is 14.1. The van der Waals surface area contributed by atoms with Crippen molar-refractivity contribution in [2.75, 3.05) is 0 Å². The number of rotatable bonds is 5. The van der Waals surface area contributed by atoms with Crippen LogP contribution in [-0.4, -0.2) is 0 Å². The molecule has 0 saturated heterocycles. The molecule has 3 aromatic carbocycles. The normalized spacial score (nSPS) is 10.7. The Kier molecular flexibility index (Phi) is 5.40. The molecule has 0 aliphatic carbocycles. The molecule has 0 atom stereocenters. The Hall–Kier alpha value is -2.32. The van der Waals surface area contributed by atoms with Crippen LogP contribution in [-0.2, 0) is 13.0 Å². The zero-order chi connectivity index (χ0) is 17.8. The molecule has 3 aromatic rings. The van der Waals surface area contributed by atoms with E-state index in [1.54, 1.807) is 12.1 Å². The molecule has 0 heterocycles. The van der Waals surface area contributed by atoms with Crippen molar-refractivity contribution in [2.45, 2.75) is 26.9 Å². The number of benzene rings is 3.